The maximum atomic E-state index is 11.8. The lowest BCUT2D eigenvalue weighted by molar-refractivity contribution is 0.508. The zero-order valence-electron chi connectivity index (χ0n) is 11.0. The Morgan fingerprint density at radius 3 is 2.59 bits per heavy atom. The zero-order valence-corrected chi connectivity index (χ0v) is 14.7. The van der Waals surface area contributed by atoms with Gasteiger partial charge in [-0.2, -0.15) is 0 Å². The number of benzene rings is 2. The highest BCUT2D eigenvalue weighted by Gasteiger charge is 2.11. The van der Waals surface area contributed by atoms with Crippen molar-refractivity contribution in [2.75, 3.05) is 0 Å². The van der Waals surface area contributed by atoms with Gasteiger partial charge in [0.15, 0.2) is 0 Å². The van der Waals surface area contributed by atoms with E-state index in [0.717, 1.165) is 9.13 Å². The van der Waals surface area contributed by atoms with E-state index >= 15 is 0 Å². The molecule has 0 radical (unpaired) electrons. The first-order valence-corrected chi connectivity index (χ1v) is 8.10. The van der Waals surface area contributed by atoms with E-state index in [1.165, 1.54) is 6.07 Å². The summed E-state index contributed by atoms with van der Waals surface area (Å²) in [6.07, 6.45) is 0. The summed E-state index contributed by atoms with van der Waals surface area (Å²) in [5, 5.41) is 0.953. The molecule has 0 aliphatic heterocycles. The van der Waals surface area contributed by atoms with Gasteiger partial charge < -0.3 is 4.42 Å². The topological polar surface area (TPSA) is 43.1 Å². The molecule has 1 aromatic heterocycles. The van der Waals surface area contributed by atoms with Crippen molar-refractivity contribution in [3.05, 3.63) is 72.6 Å². The highest BCUT2D eigenvalue weighted by Crippen LogP contribution is 2.30. The van der Waals surface area contributed by atoms with E-state index in [9.17, 15) is 4.79 Å². The van der Waals surface area contributed by atoms with Crippen LogP contribution in [-0.4, -0.2) is 4.98 Å². The quantitative estimate of drug-likeness (QED) is 0.506. The molecule has 3 aromatic rings. The molecule has 110 valence electrons. The van der Waals surface area contributed by atoms with Crippen molar-refractivity contribution < 1.29 is 4.42 Å². The Balaban J connectivity index is 2.17. The number of nitrogens with zero attached hydrogens (tertiary/aromatic N) is 1. The van der Waals surface area contributed by atoms with Gasteiger partial charge in [-0.25, -0.2) is 9.78 Å². The smallest absolute Gasteiger partial charge is 0.339 e. The summed E-state index contributed by atoms with van der Waals surface area (Å²) in [5.74, 6) is 0.257. The molecule has 0 spiro atoms. The third-order valence-electron chi connectivity index (χ3n) is 2.95. The van der Waals surface area contributed by atoms with Crippen molar-refractivity contribution in [1.29, 1.82) is 0 Å². The second-order valence-corrected chi connectivity index (χ2v) is 6.59. The summed E-state index contributed by atoms with van der Waals surface area (Å²) >= 11 is 14.3. The van der Waals surface area contributed by atoms with Crippen LogP contribution in [0.2, 0.25) is 10.0 Å². The van der Waals surface area contributed by atoms with Gasteiger partial charge in [-0.15, -0.1) is 0 Å². The lowest BCUT2D eigenvalue weighted by atomic mass is 10.1. The lowest BCUT2D eigenvalue weighted by Gasteiger charge is -2.06. The fraction of sp³-hybridized carbons (Fsp3) is 0. The Morgan fingerprint density at radius 2 is 1.86 bits per heavy atom. The van der Waals surface area contributed by atoms with Crippen LogP contribution in [0.15, 0.2) is 57.7 Å². The van der Waals surface area contributed by atoms with E-state index in [1.807, 2.05) is 24.3 Å². The maximum Gasteiger partial charge on any atom is 0.339 e. The predicted octanol–water partition coefficient (Wildman–Crippen LogP) is 5.28. The Bertz CT molecular complexity index is 909. The molecule has 0 unspecified atom stereocenters. The third-order valence-corrected chi connectivity index (χ3v) is 4.17. The largest absolute Gasteiger partial charge is 0.404 e. The van der Waals surface area contributed by atoms with Crippen LogP contribution in [0.25, 0.3) is 22.7 Å². The second kappa shape index (κ2) is 6.40. The van der Waals surface area contributed by atoms with Gasteiger partial charge in [-0.1, -0.05) is 29.3 Å². The van der Waals surface area contributed by atoms with Crippen LogP contribution in [0.1, 0.15) is 0 Å². The molecule has 0 fully saturated rings. The fourth-order valence-electron chi connectivity index (χ4n) is 1.98. The molecule has 3 rings (SSSR count). The van der Waals surface area contributed by atoms with Crippen LogP contribution < -0.4 is 5.63 Å². The van der Waals surface area contributed by atoms with Gasteiger partial charge in [0, 0.05) is 19.7 Å². The fourth-order valence-corrected chi connectivity index (χ4v) is 3.03. The predicted molar refractivity (Wildman–Crippen MR) is 96.4 cm³/mol. The van der Waals surface area contributed by atoms with Crippen LogP contribution in [0.5, 0.6) is 0 Å². The molecule has 0 bridgehead atoms. The van der Waals surface area contributed by atoms with Gasteiger partial charge in [-0.3, -0.25) is 0 Å². The standard InChI is InChI=1S/C16H8Cl2INO2/c17-10-4-5-12(13(18)7-10)14-8-15(21)22-16(20-14)9-2-1-3-11(19)6-9/h1-8H. The van der Waals surface area contributed by atoms with E-state index in [0.29, 0.717) is 21.3 Å². The van der Waals surface area contributed by atoms with Crippen molar-refractivity contribution in [2.45, 2.75) is 0 Å². The number of halogens is 3. The Kier molecular flexibility index (Phi) is 4.52. The summed E-state index contributed by atoms with van der Waals surface area (Å²) in [4.78, 5) is 16.3. The number of rotatable bonds is 2. The zero-order chi connectivity index (χ0) is 15.7. The monoisotopic (exact) mass is 443 g/mol. The van der Waals surface area contributed by atoms with Gasteiger partial charge >= 0.3 is 5.63 Å². The molecule has 1 heterocycles. The van der Waals surface area contributed by atoms with Crippen molar-refractivity contribution in [1.82, 2.24) is 4.98 Å². The minimum Gasteiger partial charge on any atom is -0.404 e. The first kappa shape index (κ1) is 15.5. The van der Waals surface area contributed by atoms with Crippen molar-refractivity contribution in [3.8, 4) is 22.7 Å². The lowest BCUT2D eigenvalue weighted by Crippen LogP contribution is -2.02. The van der Waals surface area contributed by atoms with E-state index in [2.05, 4.69) is 27.6 Å². The summed E-state index contributed by atoms with van der Waals surface area (Å²) < 4.78 is 6.23. The van der Waals surface area contributed by atoms with Gasteiger partial charge in [0.2, 0.25) is 5.89 Å². The molecule has 0 atom stereocenters. The number of hydrogen-bond acceptors (Lipinski definition) is 3. The first-order chi connectivity index (χ1) is 10.5. The van der Waals surface area contributed by atoms with Crippen molar-refractivity contribution >= 4 is 45.8 Å². The minimum atomic E-state index is -0.482. The van der Waals surface area contributed by atoms with Gasteiger partial charge in [0.05, 0.1) is 16.8 Å². The molecule has 0 saturated carbocycles. The summed E-state index contributed by atoms with van der Waals surface area (Å²) in [7, 11) is 0. The molecule has 0 N–H and O–H groups in total. The van der Waals surface area contributed by atoms with Crippen LogP contribution in [0.4, 0.5) is 0 Å². The van der Waals surface area contributed by atoms with Gasteiger partial charge in [0.1, 0.15) is 0 Å². The Hall–Kier alpha value is -1.37. The molecule has 0 aliphatic rings. The first-order valence-electron chi connectivity index (χ1n) is 6.26. The Morgan fingerprint density at radius 1 is 1.05 bits per heavy atom. The molecule has 0 saturated heterocycles. The number of aromatic nitrogens is 1. The molecule has 0 amide bonds. The van der Waals surface area contributed by atoms with Crippen molar-refractivity contribution in [3.63, 3.8) is 0 Å². The van der Waals surface area contributed by atoms with E-state index in [1.54, 1.807) is 18.2 Å². The van der Waals surface area contributed by atoms with Crippen LogP contribution in [0, 0.1) is 3.57 Å². The van der Waals surface area contributed by atoms with Crippen LogP contribution in [0.3, 0.4) is 0 Å². The summed E-state index contributed by atoms with van der Waals surface area (Å²) in [5.41, 5.74) is 1.33. The van der Waals surface area contributed by atoms with Gasteiger partial charge in [0.25, 0.3) is 0 Å². The maximum absolute atomic E-state index is 11.8. The highest BCUT2D eigenvalue weighted by molar-refractivity contribution is 14.1. The Labute approximate surface area is 150 Å². The second-order valence-electron chi connectivity index (χ2n) is 4.50. The average molecular weight is 444 g/mol. The average Bonchev–Trinajstić information content (AvgIpc) is 2.46. The van der Waals surface area contributed by atoms with Gasteiger partial charge in [-0.05, 0) is 59.0 Å². The molecule has 0 aliphatic carbocycles. The molecule has 6 heteroatoms. The molecular weight excluding hydrogens is 436 g/mol. The SMILES string of the molecule is O=c1cc(-c2ccc(Cl)cc2Cl)nc(-c2cccc(I)c2)o1. The number of hydrogen-bond donors (Lipinski definition) is 0. The highest BCUT2D eigenvalue weighted by atomic mass is 127. The summed E-state index contributed by atoms with van der Waals surface area (Å²) in [6.45, 7) is 0. The summed E-state index contributed by atoms with van der Waals surface area (Å²) in [6, 6.07) is 13.9. The molecule has 3 nitrogen and oxygen atoms in total. The van der Waals surface area contributed by atoms with Crippen LogP contribution in [-0.2, 0) is 0 Å². The molecule has 22 heavy (non-hydrogen) atoms. The third kappa shape index (κ3) is 3.34. The normalized spacial score (nSPS) is 10.7. The van der Waals surface area contributed by atoms with E-state index in [4.69, 9.17) is 27.6 Å². The molecular formula is C16H8Cl2INO2. The van der Waals surface area contributed by atoms with Crippen LogP contribution >= 0.6 is 45.8 Å². The van der Waals surface area contributed by atoms with E-state index in [-0.39, 0.29) is 5.89 Å². The molecule has 2 aromatic carbocycles. The van der Waals surface area contributed by atoms with E-state index < -0.39 is 5.63 Å². The van der Waals surface area contributed by atoms with Crippen molar-refractivity contribution in [2.24, 2.45) is 0 Å². The minimum absolute atomic E-state index is 0.257.